The third-order valence-electron chi connectivity index (χ3n) is 3.07. The topological polar surface area (TPSA) is 55.6 Å². The molecule has 0 N–H and O–H groups in total. The van der Waals surface area contributed by atoms with Gasteiger partial charge in [-0.05, 0) is 24.3 Å². The van der Waals surface area contributed by atoms with Crippen LogP contribution in [0.2, 0.25) is 0 Å². The van der Waals surface area contributed by atoms with E-state index in [1.165, 1.54) is 18.2 Å². The average Bonchev–Trinajstić information content (AvgIpc) is 2.49. The van der Waals surface area contributed by atoms with Gasteiger partial charge in [-0.15, -0.1) is 0 Å². The maximum atomic E-state index is 13.4. The molecule has 0 aliphatic carbocycles. The first kappa shape index (κ1) is 15.7. The fourth-order valence-corrected chi connectivity index (χ4v) is 1.94. The Morgan fingerprint density at radius 2 is 1.95 bits per heavy atom. The van der Waals surface area contributed by atoms with Gasteiger partial charge in [-0.2, -0.15) is 0 Å². The number of nitro groups is 1. The van der Waals surface area contributed by atoms with Gasteiger partial charge >= 0.3 is 0 Å². The number of benzene rings is 2. The van der Waals surface area contributed by atoms with Crippen molar-refractivity contribution < 1.29 is 18.4 Å². The molecule has 0 spiro atoms. The molecule has 0 bridgehead atoms. The van der Waals surface area contributed by atoms with Gasteiger partial charge in [0.1, 0.15) is 18.1 Å². The molecule has 2 rings (SSSR count). The summed E-state index contributed by atoms with van der Waals surface area (Å²) in [5.74, 6) is -1.03. The van der Waals surface area contributed by atoms with E-state index in [4.69, 9.17) is 4.74 Å². The fraction of sp³-hybridized carbons (Fsp3) is 0.200. The number of likely N-dealkylation sites (N-methyl/N-ethyl adjacent to an activating group) is 1. The van der Waals surface area contributed by atoms with Crippen molar-refractivity contribution in [2.45, 2.75) is 0 Å². The lowest BCUT2D eigenvalue weighted by Crippen LogP contribution is -2.24. The molecule has 2 aromatic carbocycles. The first-order chi connectivity index (χ1) is 10.5. The Hall–Kier alpha value is -2.70. The van der Waals surface area contributed by atoms with Crippen molar-refractivity contribution in [3.63, 3.8) is 0 Å². The predicted octanol–water partition coefficient (Wildman–Crippen LogP) is 3.39. The van der Waals surface area contributed by atoms with Crippen LogP contribution in [0.5, 0.6) is 5.75 Å². The molecule has 0 aliphatic rings. The molecule has 0 fully saturated rings. The SMILES string of the molecule is CN(CCOc1ccccc1F)c1ccc(F)cc1[N+](=O)[O-]. The molecule has 0 saturated heterocycles. The van der Waals surface area contributed by atoms with Crippen LogP contribution in [0.1, 0.15) is 0 Å². The van der Waals surface area contributed by atoms with Crippen LogP contribution in [0, 0.1) is 21.7 Å². The van der Waals surface area contributed by atoms with Crippen LogP contribution in [0.15, 0.2) is 42.5 Å². The van der Waals surface area contributed by atoms with Gasteiger partial charge in [0, 0.05) is 7.05 Å². The first-order valence-electron chi connectivity index (χ1n) is 6.51. The minimum absolute atomic E-state index is 0.115. The normalized spacial score (nSPS) is 10.3. The lowest BCUT2D eigenvalue weighted by molar-refractivity contribution is -0.384. The zero-order chi connectivity index (χ0) is 16.1. The van der Waals surface area contributed by atoms with Gasteiger partial charge in [-0.25, -0.2) is 8.78 Å². The molecule has 0 aliphatic heterocycles. The summed E-state index contributed by atoms with van der Waals surface area (Å²) in [5.41, 5.74) is -0.0584. The maximum absolute atomic E-state index is 13.4. The largest absolute Gasteiger partial charge is 0.489 e. The quantitative estimate of drug-likeness (QED) is 0.606. The molecule has 2 aromatic rings. The monoisotopic (exact) mass is 308 g/mol. The molecular formula is C15H14F2N2O3. The van der Waals surface area contributed by atoms with Crippen molar-refractivity contribution >= 4 is 11.4 Å². The standard InChI is InChI=1S/C15H14F2N2O3/c1-18(8-9-22-15-5-3-2-4-12(15)17)13-7-6-11(16)10-14(13)19(20)21/h2-7,10H,8-9H2,1H3. The minimum Gasteiger partial charge on any atom is -0.489 e. The molecule has 0 atom stereocenters. The molecule has 5 nitrogen and oxygen atoms in total. The fourth-order valence-electron chi connectivity index (χ4n) is 1.94. The zero-order valence-corrected chi connectivity index (χ0v) is 11.8. The van der Waals surface area contributed by atoms with E-state index in [9.17, 15) is 18.9 Å². The summed E-state index contributed by atoms with van der Waals surface area (Å²) in [6.07, 6.45) is 0. The molecule has 7 heteroatoms. The number of nitrogens with zero attached hydrogens (tertiary/aromatic N) is 2. The van der Waals surface area contributed by atoms with E-state index >= 15 is 0 Å². The van der Waals surface area contributed by atoms with Crippen molar-refractivity contribution in [1.29, 1.82) is 0 Å². The van der Waals surface area contributed by atoms with Gasteiger partial charge in [-0.3, -0.25) is 10.1 Å². The molecule has 0 amide bonds. The van der Waals surface area contributed by atoms with E-state index in [1.54, 1.807) is 24.1 Å². The molecule has 0 unspecified atom stereocenters. The lowest BCUT2D eigenvalue weighted by atomic mass is 10.2. The summed E-state index contributed by atoms with van der Waals surface area (Å²) in [4.78, 5) is 11.9. The van der Waals surface area contributed by atoms with E-state index in [2.05, 4.69) is 0 Å². The Morgan fingerprint density at radius 3 is 2.64 bits per heavy atom. The summed E-state index contributed by atoms with van der Waals surface area (Å²) in [5, 5.41) is 10.9. The number of halogens is 2. The van der Waals surface area contributed by atoms with E-state index < -0.39 is 16.6 Å². The van der Waals surface area contributed by atoms with E-state index in [-0.39, 0.29) is 30.3 Å². The van der Waals surface area contributed by atoms with Crippen molar-refractivity contribution in [2.24, 2.45) is 0 Å². The number of hydrogen-bond donors (Lipinski definition) is 0. The summed E-state index contributed by atoms with van der Waals surface area (Å²) in [7, 11) is 1.62. The smallest absolute Gasteiger partial charge is 0.295 e. The first-order valence-corrected chi connectivity index (χ1v) is 6.51. The molecule has 0 heterocycles. The number of ether oxygens (including phenoxy) is 1. The number of anilines is 1. The van der Waals surface area contributed by atoms with Crippen LogP contribution < -0.4 is 9.64 Å². The van der Waals surface area contributed by atoms with Crippen molar-refractivity contribution in [2.75, 3.05) is 25.1 Å². The number of hydrogen-bond acceptors (Lipinski definition) is 4. The van der Waals surface area contributed by atoms with Gasteiger partial charge in [0.05, 0.1) is 17.5 Å². The summed E-state index contributed by atoms with van der Waals surface area (Å²) in [6.45, 7) is 0.409. The molecular weight excluding hydrogens is 294 g/mol. The van der Waals surface area contributed by atoms with E-state index in [1.807, 2.05) is 0 Å². The lowest BCUT2D eigenvalue weighted by Gasteiger charge is -2.19. The van der Waals surface area contributed by atoms with E-state index in [0.717, 1.165) is 12.1 Å². The molecule has 116 valence electrons. The highest BCUT2D eigenvalue weighted by Gasteiger charge is 2.18. The molecule has 0 saturated carbocycles. The minimum atomic E-state index is -0.675. The Labute approximate surface area is 125 Å². The second-order valence-electron chi connectivity index (χ2n) is 4.59. The van der Waals surface area contributed by atoms with Crippen LogP contribution in [0.25, 0.3) is 0 Å². The van der Waals surface area contributed by atoms with Crippen LogP contribution in [-0.2, 0) is 0 Å². The maximum Gasteiger partial charge on any atom is 0.295 e. The van der Waals surface area contributed by atoms with Crippen LogP contribution in [0.4, 0.5) is 20.2 Å². The van der Waals surface area contributed by atoms with Crippen molar-refractivity contribution in [1.82, 2.24) is 0 Å². The van der Waals surface area contributed by atoms with Gasteiger partial charge in [0.15, 0.2) is 11.6 Å². The highest BCUT2D eigenvalue weighted by molar-refractivity contribution is 5.62. The van der Waals surface area contributed by atoms with Gasteiger partial charge < -0.3 is 9.64 Å². The molecule has 0 radical (unpaired) electrons. The van der Waals surface area contributed by atoms with Gasteiger partial charge in [-0.1, -0.05) is 12.1 Å². The Morgan fingerprint density at radius 1 is 1.23 bits per heavy atom. The number of rotatable bonds is 6. The van der Waals surface area contributed by atoms with Crippen molar-refractivity contribution in [3.8, 4) is 5.75 Å². The Kier molecular flexibility index (Phi) is 4.88. The van der Waals surface area contributed by atoms with Gasteiger partial charge in [0.2, 0.25) is 0 Å². The highest BCUT2D eigenvalue weighted by Crippen LogP contribution is 2.27. The second kappa shape index (κ2) is 6.84. The van der Waals surface area contributed by atoms with Gasteiger partial charge in [0.25, 0.3) is 5.69 Å². The number of nitro benzene ring substituents is 1. The summed E-state index contributed by atoms with van der Waals surface area (Å²) in [6, 6.07) is 9.32. The van der Waals surface area contributed by atoms with Crippen LogP contribution >= 0.6 is 0 Å². The summed E-state index contributed by atoms with van der Waals surface area (Å²) < 4.78 is 31.8. The van der Waals surface area contributed by atoms with Crippen LogP contribution in [0.3, 0.4) is 0 Å². The Balaban J connectivity index is 2.02. The Bertz CT molecular complexity index is 680. The highest BCUT2D eigenvalue weighted by atomic mass is 19.1. The third kappa shape index (κ3) is 3.69. The van der Waals surface area contributed by atoms with Crippen LogP contribution in [-0.4, -0.2) is 25.1 Å². The molecule has 22 heavy (non-hydrogen) atoms. The second-order valence-corrected chi connectivity index (χ2v) is 4.59. The van der Waals surface area contributed by atoms with E-state index in [0.29, 0.717) is 0 Å². The summed E-state index contributed by atoms with van der Waals surface area (Å²) >= 11 is 0. The predicted molar refractivity (Wildman–Crippen MR) is 78.2 cm³/mol. The average molecular weight is 308 g/mol. The zero-order valence-electron chi connectivity index (χ0n) is 11.8. The number of para-hydroxylation sites is 1. The third-order valence-corrected chi connectivity index (χ3v) is 3.07. The molecule has 0 aromatic heterocycles. The van der Waals surface area contributed by atoms with Crippen molar-refractivity contribution in [3.05, 3.63) is 64.2 Å².